The molecule has 0 heterocycles. The lowest BCUT2D eigenvalue weighted by Gasteiger charge is -2.08. The smallest absolute Gasteiger partial charge is 0.0225 e. The van der Waals surface area contributed by atoms with E-state index in [1.807, 2.05) is 0 Å². The Morgan fingerprint density at radius 3 is 1.23 bits per heavy atom. The van der Waals surface area contributed by atoms with Gasteiger partial charge in [-0.2, -0.15) is 0 Å². The summed E-state index contributed by atoms with van der Waals surface area (Å²) in [7, 11) is 0. The van der Waals surface area contributed by atoms with Gasteiger partial charge in [0.1, 0.15) is 0 Å². The van der Waals surface area contributed by atoms with E-state index in [1.54, 1.807) is 0 Å². The molecular weight excluding hydrogens is 312 g/mol. The number of rotatable bonds is 4. The molecule has 0 saturated carbocycles. The van der Waals surface area contributed by atoms with E-state index in [0.29, 0.717) is 0 Å². The first kappa shape index (κ1) is 17.9. The molecule has 0 N–H and O–H groups in total. The molecular formula is C26H26. The van der Waals surface area contributed by atoms with Crippen molar-refractivity contribution in [3.05, 3.63) is 106 Å². The highest BCUT2D eigenvalue weighted by atomic mass is 14.1. The van der Waals surface area contributed by atoms with Crippen LogP contribution in [0.15, 0.2) is 72.8 Å². The molecule has 0 radical (unpaired) electrons. The SMILES string of the molecule is CC(=Cc1ccccc1C)c1ccc(C(C)=Cc2ccccc2C)cc1. The Bertz CT molecular complexity index is 873. The predicted molar refractivity (Wildman–Crippen MR) is 116 cm³/mol. The second kappa shape index (κ2) is 8.01. The van der Waals surface area contributed by atoms with Gasteiger partial charge in [0, 0.05) is 0 Å². The van der Waals surface area contributed by atoms with E-state index in [-0.39, 0.29) is 0 Å². The molecule has 0 aromatic heterocycles. The standard InChI is InChI=1S/C26H26/c1-19-9-5-7-11-25(19)17-21(3)23-13-15-24(16-14-23)22(4)18-26-12-8-6-10-20(26)2/h5-18H,1-4H3. The molecule has 0 saturated heterocycles. The van der Waals surface area contributed by atoms with E-state index >= 15 is 0 Å². The van der Waals surface area contributed by atoms with Crippen LogP contribution in [0, 0.1) is 13.8 Å². The molecule has 0 heteroatoms. The minimum absolute atomic E-state index is 1.26. The molecule has 130 valence electrons. The van der Waals surface area contributed by atoms with E-state index in [4.69, 9.17) is 0 Å². The van der Waals surface area contributed by atoms with Crippen LogP contribution in [0.1, 0.15) is 47.2 Å². The topological polar surface area (TPSA) is 0 Å². The Balaban J connectivity index is 1.84. The second-order valence-electron chi connectivity index (χ2n) is 6.95. The molecule has 3 rings (SSSR count). The van der Waals surface area contributed by atoms with Crippen molar-refractivity contribution in [3.8, 4) is 0 Å². The summed E-state index contributed by atoms with van der Waals surface area (Å²) in [6.45, 7) is 8.67. The van der Waals surface area contributed by atoms with E-state index in [9.17, 15) is 0 Å². The van der Waals surface area contributed by atoms with Gasteiger partial charge in [-0.3, -0.25) is 0 Å². The van der Waals surface area contributed by atoms with Gasteiger partial charge in [0.25, 0.3) is 0 Å². The van der Waals surface area contributed by atoms with Crippen molar-refractivity contribution in [3.63, 3.8) is 0 Å². The zero-order valence-electron chi connectivity index (χ0n) is 16.1. The van der Waals surface area contributed by atoms with E-state index < -0.39 is 0 Å². The third-order valence-corrected chi connectivity index (χ3v) is 4.92. The molecule has 0 atom stereocenters. The van der Waals surface area contributed by atoms with Crippen LogP contribution in [0.3, 0.4) is 0 Å². The van der Waals surface area contributed by atoms with Crippen molar-refractivity contribution >= 4 is 23.3 Å². The molecule has 0 bridgehead atoms. The van der Waals surface area contributed by atoms with Crippen LogP contribution in [0.25, 0.3) is 23.3 Å². The third-order valence-electron chi connectivity index (χ3n) is 4.92. The average molecular weight is 338 g/mol. The summed E-state index contributed by atoms with van der Waals surface area (Å²) >= 11 is 0. The zero-order chi connectivity index (χ0) is 18.5. The average Bonchev–Trinajstić information content (AvgIpc) is 2.65. The van der Waals surface area contributed by atoms with Gasteiger partial charge in [-0.1, -0.05) is 84.9 Å². The molecule has 0 amide bonds. The summed E-state index contributed by atoms with van der Waals surface area (Å²) in [4.78, 5) is 0. The maximum absolute atomic E-state index is 2.26. The van der Waals surface area contributed by atoms with Crippen molar-refractivity contribution < 1.29 is 0 Å². The normalized spacial score (nSPS) is 12.3. The minimum atomic E-state index is 1.26. The first-order chi connectivity index (χ1) is 12.5. The first-order valence-electron chi connectivity index (χ1n) is 9.13. The Morgan fingerprint density at radius 1 is 0.538 bits per heavy atom. The molecule has 0 nitrogen and oxygen atoms in total. The van der Waals surface area contributed by atoms with Gasteiger partial charge >= 0.3 is 0 Å². The second-order valence-corrected chi connectivity index (χ2v) is 6.95. The largest absolute Gasteiger partial charge is 0.0620 e. The fourth-order valence-electron chi connectivity index (χ4n) is 3.13. The lowest BCUT2D eigenvalue weighted by atomic mass is 9.98. The van der Waals surface area contributed by atoms with Crippen LogP contribution in [-0.2, 0) is 0 Å². The summed E-state index contributed by atoms with van der Waals surface area (Å²) in [5.41, 5.74) is 10.3. The maximum atomic E-state index is 2.26. The van der Waals surface area contributed by atoms with Gasteiger partial charge in [-0.25, -0.2) is 0 Å². The predicted octanol–water partition coefficient (Wildman–Crippen LogP) is 7.42. The van der Waals surface area contributed by atoms with Crippen LogP contribution in [-0.4, -0.2) is 0 Å². The maximum Gasteiger partial charge on any atom is -0.0225 e. The van der Waals surface area contributed by atoms with Gasteiger partial charge in [0.15, 0.2) is 0 Å². The van der Waals surface area contributed by atoms with Crippen molar-refractivity contribution in [1.29, 1.82) is 0 Å². The monoisotopic (exact) mass is 338 g/mol. The summed E-state index contributed by atoms with van der Waals surface area (Å²) in [5, 5.41) is 0. The van der Waals surface area contributed by atoms with Crippen molar-refractivity contribution in [2.45, 2.75) is 27.7 Å². The molecule has 0 unspecified atom stereocenters. The van der Waals surface area contributed by atoms with E-state index in [2.05, 4.69) is 113 Å². The molecule has 3 aromatic carbocycles. The van der Waals surface area contributed by atoms with Crippen molar-refractivity contribution in [2.24, 2.45) is 0 Å². The number of benzene rings is 3. The first-order valence-corrected chi connectivity index (χ1v) is 9.13. The van der Waals surface area contributed by atoms with Gasteiger partial charge in [0.2, 0.25) is 0 Å². The van der Waals surface area contributed by atoms with E-state index in [0.717, 1.165) is 0 Å². The van der Waals surface area contributed by atoms with E-state index in [1.165, 1.54) is 44.5 Å². The number of allylic oxidation sites excluding steroid dienone is 2. The summed E-state index contributed by atoms with van der Waals surface area (Å²) in [6.07, 6.45) is 4.53. The zero-order valence-corrected chi connectivity index (χ0v) is 16.1. The molecule has 0 aliphatic carbocycles. The highest BCUT2D eigenvalue weighted by Crippen LogP contribution is 2.24. The Kier molecular flexibility index (Phi) is 5.53. The fraction of sp³-hybridized carbons (Fsp3) is 0.154. The highest BCUT2D eigenvalue weighted by Gasteiger charge is 2.01. The number of aryl methyl sites for hydroxylation is 2. The van der Waals surface area contributed by atoms with Gasteiger partial charge < -0.3 is 0 Å². The summed E-state index contributed by atoms with van der Waals surface area (Å²) < 4.78 is 0. The van der Waals surface area contributed by atoms with Crippen LogP contribution >= 0.6 is 0 Å². The third kappa shape index (κ3) is 4.21. The molecule has 26 heavy (non-hydrogen) atoms. The number of hydrogen-bond acceptors (Lipinski definition) is 0. The Morgan fingerprint density at radius 2 is 0.885 bits per heavy atom. The molecule has 0 aliphatic rings. The quantitative estimate of drug-likeness (QED) is 0.434. The van der Waals surface area contributed by atoms with Gasteiger partial charge in [-0.15, -0.1) is 0 Å². The van der Waals surface area contributed by atoms with Crippen LogP contribution in [0.5, 0.6) is 0 Å². The van der Waals surface area contributed by atoms with Crippen LogP contribution < -0.4 is 0 Å². The van der Waals surface area contributed by atoms with Crippen LogP contribution in [0.4, 0.5) is 0 Å². The molecule has 3 aromatic rings. The van der Waals surface area contributed by atoms with Crippen molar-refractivity contribution in [1.82, 2.24) is 0 Å². The van der Waals surface area contributed by atoms with Crippen LogP contribution in [0.2, 0.25) is 0 Å². The minimum Gasteiger partial charge on any atom is -0.0620 e. The fourth-order valence-corrected chi connectivity index (χ4v) is 3.13. The Labute approximate surface area is 157 Å². The Hall–Kier alpha value is -2.86. The lowest BCUT2D eigenvalue weighted by molar-refractivity contribution is 1.44. The molecule has 0 aliphatic heterocycles. The highest BCUT2D eigenvalue weighted by molar-refractivity contribution is 5.84. The molecule has 0 fully saturated rings. The summed E-state index contributed by atoms with van der Waals surface area (Å²) in [5.74, 6) is 0. The van der Waals surface area contributed by atoms with Gasteiger partial charge in [0.05, 0.1) is 0 Å². The van der Waals surface area contributed by atoms with Gasteiger partial charge in [-0.05, 0) is 72.2 Å². The summed E-state index contributed by atoms with van der Waals surface area (Å²) in [6, 6.07) is 25.9. The lowest BCUT2D eigenvalue weighted by Crippen LogP contribution is -1.86. The number of hydrogen-bond donors (Lipinski definition) is 0. The van der Waals surface area contributed by atoms with Crippen molar-refractivity contribution in [2.75, 3.05) is 0 Å². The molecule has 0 spiro atoms.